The molecular formula is C9H11F3N2O5S. The van der Waals surface area contributed by atoms with Crippen LogP contribution in [0.15, 0.2) is 0 Å². The van der Waals surface area contributed by atoms with Gasteiger partial charge in [-0.25, -0.2) is 4.72 Å². The third-order valence-electron chi connectivity index (χ3n) is 2.49. The standard InChI is InChI=1S/C9H11F3N2O5S/c10-9(11,12)20(18,19)13-6(15)2-1-5-14-7(16)3-4-8(14)17/h1-5H2,(H,13,15). The number of carbonyl (C=O) groups excluding carboxylic acids is 3. The van der Waals surface area contributed by atoms with E-state index in [0.717, 1.165) is 9.62 Å². The molecule has 0 saturated carbocycles. The van der Waals surface area contributed by atoms with Crippen molar-refractivity contribution >= 4 is 27.7 Å². The number of rotatable bonds is 5. The Bertz CT molecular complexity index is 512. The number of carbonyl (C=O) groups is 3. The molecule has 0 bridgehead atoms. The first kappa shape index (κ1) is 16.4. The highest BCUT2D eigenvalue weighted by atomic mass is 32.2. The van der Waals surface area contributed by atoms with Crippen molar-refractivity contribution in [3.8, 4) is 0 Å². The fourth-order valence-electron chi connectivity index (χ4n) is 1.53. The highest BCUT2D eigenvalue weighted by Crippen LogP contribution is 2.21. The number of hydrogen-bond donors (Lipinski definition) is 1. The average molecular weight is 316 g/mol. The van der Waals surface area contributed by atoms with Gasteiger partial charge in [-0.2, -0.15) is 21.6 Å². The predicted molar refractivity (Wildman–Crippen MR) is 58.3 cm³/mol. The molecule has 1 rings (SSSR count). The topological polar surface area (TPSA) is 101 Å². The van der Waals surface area contributed by atoms with Crippen molar-refractivity contribution in [1.29, 1.82) is 0 Å². The molecule has 1 fully saturated rings. The molecule has 0 aliphatic carbocycles. The van der Waals surface area contributed by atoms with Gasteiger partial charge in [-0.05, 0) is 6.42 Å². The lowest BCUT2D eigenvalue weighted by atomic mass is 10.3. The number of nitrogens with zero attached hydrogens (tertiary/aromatic N) is 1. The van der Waals surface area contributed by atoms with Crippen LogP contribution in [0.4, 0.5) is 13.2 Å². The van der Waals surface area contributed by atoms with E-state index in [0.29, 0.717) is 0 Å². The van der Waals surface area contributed by atoms with Gasteiger partial charge in [0.2, 0.25) is 17.7 Å². The molecule has 11 heteroatoms. The fraction of sp³-hybridized carbons (Fsp3) is 0.667. The Labute approximate surface area is 112 Å². The van der Waals surface area contributed by atoms with E-state index in [2.05, 4.69) is 0 Å². The summed E-state index contributed by atoms with van der Waals surface area (Å²) < 4.78 is 58.0. The van der Waals surface area contributed by atoms with Crippen LogP contribution in [0.3, 0.4) is 0 Å². The Hall–Kier alpha value is -1.65. The van der Waals surface area contributed by atoms with E-state index >= 15 is 0 Å². The smallest absolute Gasteiger partial charge is 0.283 e. The van der Waals surface area contributed by atoms with Gasteiger partial charge in [-0.1, -0.05) is 0 Å². The van der Waals surface area contributed by atoms with Crippen molar-refractivity contribution in [2.45, 2.75) is 31.2 Å². The Balaban J connectivity index is 2.42. The third kappa shape index (κ3) is 3.92. The second kappa shape index (κ2) is 5.77. The van der Waals surface area contributed by atoms with Crippen LogP contribution < -0.4 is 4.72 Å². The highest BCUT2D eigenvalue weighted by Gasteiger charge is 2.46. The van der Waals surface area contributed by atoms with E-state index in [1.165, 1.54) is 0 Å². The molecule has 0 aromatic rings. The maximum atomic E-state index is 12.0. The molecule has 20 heavy (non-hydrogen) atoms. The van der Waals surface area contributed by atoms with Crippen LogP contribution in [-0.4, -0.2) is 43.1 Å². The molecular weight excluding hydrogens is 305 g/mol. The maximum Gasteiger partial charge on any atom is 0.516 e. The molecule has 0 radical (unpaired) electrons. The van der Waals surface area contributed by atoms with Gasteiger partial charge < -0.3 is 0 Å². The van der Waals surface area contributed by atoms with Gasteiger partial charge in [-0.3, -0.25) is 19.3 Å². The van der Waals surface area contributed by atoms with Crippen LogP contribution in [-0.2, 0) is 24.4 Å². The first-order valence-electron chi connectivity index (χ1n) is 5.50. The quantitative estimate of drug-likeness (QED) is 0.713. The highest BCUT2D eigenvalue weighted by molar-refractivity contribution is 7.90. The molecule has 7 nitrogen and oxygen atoms in total. The van der Waals surface area contributed by atoms with Crippen molar-refractivity contribution in [3.63, 3.8) is 0 Å². The molecule has 1 aliphatic heterocycles. The summed E-state index contributed by atoms with van der Waals surface area (Å²) >= 11 is 0. The minimum atomic E-state index is -5.71. The second-order valence-corrected chi connectivity index (χ2v) is 5.69. The lowest BCUT2D eigenvalue weighted by molar-refractivity contribution is -0.138. The lowest BCUT2D eigenvalue weighted by Gasteiger charge is -2.13. The van der Waals surface area contributed by atoms with Gasteiger partial charge in [0.25, 0.3) is 0 Å². The number of halogens is 3. The van der Waals surface area contributed by atoms with Crippen molar-refractivity contribution in [2.24, 2.45) is 0 Å². The minimum absolute atomic E-state index is 0.0630. The molecule has 1 heterocycles. The van der Waals surface area contributed by atoms with Crippen LogP contribution in [0.25, 0.3) is 0 Å². The largest absolute Gasteiger partial charge is 0.516 e. The number of imide groups is 1. The van der Waals surface area contributed by atoms with Gasteiger partial charge in [0.1, 0.15) is 0 Å². The molecule has 0 unspecified atom stereocenters. The van der Waals surface area contributed by atoms with Crippen molar-refractivity contribution in [2.75, 3.05) is 6.54 Å². The van der Waals surface area contributed by atoms with Gasteiger partial charge in [0, 0.05) is 25.8 Å². The summed E-state index contributed by atoms with van der Waals surface area (Å²) in [6, 6.07) is 0. The van der Waals surface area contributed by atoms with Gasteiger partial charge in [0.15, 0.2) is 0 Å². The fourth-order valence-corrected chi connectivity index (χ4v) is 2.05. The minimum Gasteiger partial charge on any atom is -0.283 e. The Kier molecular flexibility index (Phi) is 4.73. The molecule has 1 N–H and O–H groups in total. The number of nitrogens with one attached hydrogen (secondary N) is 1. The average Bonchev–Trinajstić information content (AvgIpc) is 2.58. The van der Waals surface area contributed by atoms with Crippen LogP contribution in [0.1, 0.15) is 25.7 Å². The van der Waals surface area contributed by atoms with E-state index in [4.69, 9.17) is 0 Å². The molecule has 0 spiro atoms. The number of sulfonamides is 1. The zero-order chi connectivity index (χ0) is 15.6. The zero-order valence-corrected chi connectivity index (χ0v) is 10.9. The summed E-state index contributed by atoms with van der Waals surface area (Å²) in [6.07, 6.45) is -0.538. The SMILES string of the molecule is O=C(CCCN1C(=O)CCC1=O)NS(=O)(=O)C(F)(F)F. The maximum absolute atomic E-state index is 12.0. The van der Waals surface area contributed by atoms with Crippen LogP contribution in [0, 0.1) is 0 Å². The van der Waals surface area contributed by atoms with Gasteiger partial charge >= 0.3 is 15.5 Å². The monoisotopic (exact) mass is 316 g/mol. The molecule has 1 saturated heterocycles. The summed E-state index contributed by atoms with van der Waals surface area (Å²) in [5.41, 5.74) is -5.57. The molecule has 114 valence electrons. The van der Waals surface area contributed by atoms with Crippen LogP contribution in [0.5, 0.6) is 0 Å². The van der Waals surface area contributed by atoms with Gasteiger partial charge in [-0.15, -0.1) is 0 Å². The first-order valence-corrected chi connectivity index (χ1v) is 6.98. The van der Waals surface area contributed by atoms with E-state index in [1.54, 1.807) is 0 Å². The van der Waals surface area contributed by atoms with E-state index in [9.17, 15) is 36.0 Å². The lowest BCUT2D eigenvalue weighted by Crippen LogP contribution is -2.40. The van der Waals surface area contributed by atoms with Gasteiger partial charge in [0.05, 0.1) is 0 Å². The Morgan fingerprint density at radius 1 is 1.20 bits per heavy atom. The number of alkyl halides is 3. The van der Waals surface area contributed by atoms with Crippen LogP contribution >= 0.6 is 0 Å². The molecule has 0 aromatic carbocycles. The summed E-state index contributed by atoms with van der Waals surface area (Å²) in [5, 5.41) is 0. The van der Waals surface area contributed by atoms with Crippen molar-refractivity contribution in [1.82, 2.24) is 9.62 Å². The van der Waals surface area contributed by atoms with E-state index < -0.39 is 39.7 Å². The van der Waals surface area contributed by atoms with E-state index in [1.807, 2.05) is 0 Å². The third-order valence-corrected chi connectivity index (χ3v) is 3.60. The summed E-state index contributed by atoms with van der Waals surface area (Å²) in [4.78, 5) is 34.3. The van der Waals surface area contributed by atoms with Crippen molar-refractivity contribution in [3.05, 3.63) is 0 Å². The summed E-state index contributed by atoms with van der Waals surface area (Å²) in [5.74, 6) is -2.18. The number of amides is 3. The zero-order valence-electron chi connectivity index (χ0n) is 10.1. The number of likely N-dealkylation sites (tertiary alicyclic amines) is 1. The molecule has 1 aliphatic rings. The number of hydrogen-bond acceptors (Lipinski definition) is 5. The van der Waals surface area contributed by atoms with E-state index in [-0.39, 0.29) is 25.8 Å². The Morgan fingerprint density at radius 2 is 1.70 bits per heavy atom. The van der Waals surface area contributed by atoms with Crippen LogP contribution in [0.2, 0.25) is 0 Å². The predicted octanol–water partition coefficient (Wildman–Crippen LogP) is -0.119. The normalized spacial score (nSPS) is 16.6. The molecule has 0 aromatic heterocycles. The summed E-state index contributed by atoms with van der Waals surface area (Å²) in [6.45, 7) is -0.128. The Morgan fingerprint density at radius 3 is 2.15 bits per heavy atom. The van der Waals surface area contributed by atoms with Crippen molar-refractivity contribution < 1.29 is 36.0 Å². The molecule has 0 atom stereocenters. The second-order valence-electron chi connectivity index (χ2n) is 4.02. The summed E-state index contributed by atoms with van der Waals surface area (Å²) in [7, 11) is -5.71. The first-order chi connectivity index (χ1) is 9.04. The molecule has 3 amide bonds.